The second-order valence-corrected chi connectivity index (χ2v) is 15.2. The Kier molecular flexibility index (Phi) is 14.8. The Morgan fingerprint density at radius 3 is 1.46 bits per heavy atom. The van der Waals surface area contributed by atoms with Crippen LogP contribution in [0, 0.1) is 0 Å². The van der Waals surface area contributed by atoms with Crippen LogP contribution in [0.2, 0.25) is 0 Å². The van der Waals surface area contributed by atoms with Crippen LogP contribution in [-0.2, 0) is 44.9 Å². The van der Waals surface area contributed by atoms with Gasteiger partial charge in [-0.25, -0.2) is 0 Å². The Morgan fingerprint density at radius 2 is 0.963 bits per heavy atom. The van der Waals surface area contributed by atoms with E-state index < -0.39 is 5.91 Å². The van der Waals surface area contributed by atoms with E-state index in [0.29, 0.717) is 79.4 Å². The van der Waals surface area contributed by atoms with Crippen molar-refractivity contribution in [3.63, 3.8) is 0 Å². The molecule has 2 amide bonds. The van der Waals surface area contributed by atoms with E-state index in [2.05, 4.69) is 84.7 Å². The van der Waals surface area contributed by atoms with Gasteiger partial charge in [-0.15, -0.1) is 0 Å². The second-order valence-electron chi connectivity index (χ2n) is 11.8. The van der Waals surface area contributed by atoms with Gasteiger partial charge in [0, 0.05) is 25.9 Å². The van der Waals surface area contributed by atoms with Crippen molar-refractivity contribution < 1.29 is 38.2 Å². The fourth-order valence-corrected chi connectivity index (χ4v) is 7.87. The lowest BCUT2D eigenvalue weighted by atomic mass is 10.1. The van der Waals surface area contributed by atoms with Gasteiger partial charge in [0.2, 0.25) is 0 Å². The van der Waals surface area contributed by atoms with Crippen LogP contribution in [0.1, 0.15) is 22.3 Å². The maximum absolute atomic E-state index is 13.4. The molecule has 3 aliphatic rings. The monoisotopic (exact) mass is 992 g/mol. The number of fused-ring (bicyclic) bond motifs is 2. The Balaban J connectivity index is 1.50. The van der Waals surface area contributed by atoms with E-state index in [4.69, 9.17) is 28.6 Å². The molecule has 0 spiro atoms. The van der Waals surface area contributed by atoms with Crippen molar-refractivity contribution in [1.82, 2.24) is 10.6 Å². The Hall–Kier alpha value is -4.12. The number of methoxy groups -OCH3 is 2. The van der Waals surface area contributed by atoms with Crippen molar-refractivity contribution in [2.24, 2.45) is 10.3 Å². The predicted octanol–water partition coefficient (Wildman–Crippen LogP) is 8.46. The van der Waals surface area contributed by atoms with Crippen LogP contribution in [0.25, 0.3) is 0 Å². The van der Waals surface area contributed by atoms with Crippen molar-refractivity contribution >= 4 is 87.0 Å². The number of nitrogens with zero attached hydrogens (tertiary/aromatic N) is 2. The Bertz CT molecular complexity index is 2090. The summed E-state index contributed by atoms with van der Waals surface area (Å²) in [5.74, 6) is 2.16. The van der Waals surface area contributed by atoms with E-state index in [1.54, 1.807) is 19.2 Å². The summed E-state index contributed by atoms with van der Waals surface area (Å²) >= 11 is 14.4. The number of rotatable bonds is 4. The second kappa shape index (κ2) is 19.5. The van der Waals surface area contributed by atoms with Crippen molar-refractivity contribution in [2.45, 2.75) is 25.7 Å². The molecule has 0 saturated heterocycles. The molecule has 4 aromatic rings. The summed E-state index contributed by atoms with van der Waals surface area (Å²) in [5.41, 5.74) is 3.71. The zero-order valence-electron chi connectivity index (χ0n) is 29.7. The van der Waals surface area contributed by atoms with Crippen LogP contribution < -0.4 is 29.6 Å². The molecule has 54 heavy (non-hydrogen) atoms. The summed E-state index contributed by atoms with van der Waals surface area (Å²) in [6, 6.07) is 18.5. The largest absolute Gasteiger partial charge is 0.492 e. The number of nitrogens with one attached hydrogen (secondary N) is 2. The van der Waals surface area contributed by atoms with Crippen LogP contribution in [0.15, 0.2) is 88.9 Å². The van der Waals surface area contributed by atoms with Gasteiger partial charge in [-0.3, -0.25) is 9.59 Å². The van der Waals surface area contributed by atoms with E-state index in [1.807, 2.05) is 48.5 Å². The first kappa shape index (κ1) is 41.1. The Morgan fingerprint density at radius 1 is 0.537 bits per heavy atom. The van der Waals surface area contributed by atoms with E-state index in [9.17, 15) is 9.59 Å². The quantitative estimate of drug-likeness (QED) is 0.195. The SMILES string of the molecule is CON=C1Cc2cc(Br)c(OC)c(c2)Oc2ccc(cc2Br)C/C(=N\OC)C(=O)NCCc2ccc(c(Br)c2)Oc2cc(cc(Br)c2OC)CCNC1=O. The first-order valence-corrected chi connectivity index (χ1v) is 19.6. The molecule has 7 rings (SSSR count). The molecule has 0 unspecified atom stereocenters. The zero-order chi connectivity index (χ0) is 38.8. The third-order valence-electron chi connectivity index (χ3n) is 8.05. The highest BCUT2D eigenvalue weighted by Crippen LogP contribution is 2.42. The smallest absolute Gasteiger partial charge is 0.269 e. The topological polar surface area (TPSA) is 138 Å². The number of halogens is 4. The highest BCUT2D eigenvalue weighted by Gasteiger charge is 2.21. The van der Waals surface area contributed by atoms with Gasteiger partial charge < -0.3 is 39.3 Å². The average molecular weight is 996 g/mol. The molecule has 12 nitrogen and oxygen atoms in total. The maximum Gasteiger partial charge on any atom is 0.269 e. The van der Waals surface area contributed by atoms with E-state index in [0.717, 1.165) is 21.2 Å². The predicted molar refractivity (Wildman–Crippen MR) is 220 cm³/mol. The van der Waals surface area contributed by atoms with Crippen LogP contribution in [0.5, 0.6) is 34.5 Å². The van der Waals surface area contributed by atoms with Gasteiger partial charge in [-0.05, 0) is 147 Å². The molecule has 0 aliphatic carbocycles. The normalized spacial score (nSPS) is 15.7. The number of carbonyl (C=O) groups excluding carboxylic acids is 2. The first-order valence-electron chi connectivity index (χ1n) is 16.4. The average Bonchev–Trinajstić information content (AvgIpc) is 3.13. The van der Waals surface area contributed by atoms with Crippen molar-refractivity contribution in [2.75, 3.05) is 41.5 Å². The van der Waals surface area contributed by atoms with E-state index in [-0.39, 0.29) is 30.2 Å². The highest BCUT2D eigenvalue weighted by molar-refractivity contribution is 9.11. The maximum atomic E-state index is 13.4. The van der Waals surface area contributed by atoms with Gasteiger partial charge in [-0.1, -0.05) is 22.4 Å². The third kappa shape index (κ3) is 10.5. The number of amides is 2. The van der Waals surface area contributed by atoms with E-state index >= 15 is 0 Å². The molecule has 0 saturated carbocycles. The summed E-state index contributed by atoms with van der Waals surface area (Å²) in [4.78, 5) is 36.7. The molecule has 0 fully saturated rings. The van der Waals surface area contributed by atoms with E-state index in [1.165, 1.54) is 21.3 Å². The van der Waals surface area contributed by atoms with Crippen LogP contribution in [0.4, 0.5) is 0 Å². The van der Waals surface area contributed by atoms with Crippen LogP contribution in [0.3, 0.4) is 0 Å². The van der Waals surface area contributed by atoms with Gasteiger partial charge >= 0.3 is 0 Å². The minimum absolute atomic E-state index is 0.127. The number of oxime groups is 2. The summed E-state index contributed by atoms with van der Waals surface area (Å²) in [5, 5.41) is 13.9. The first-order chi connectivity index (χ1) is 26.0. The number of ether oxygens (including phenoxy) is 4. The fraction of sp³-hybridized carbons (Fsp3) is 0.263. The number of hydrogen-bond donors (Lipinski definition) is 2. The van der Waals surface area contributed by atoms with Gasteiger partial charge in [-0.2, -0.15) is 0 Å². The molecule has 284 valence electrons. The molecule has 3 heterocycles. The van der Waals surface area contributed by atoms with Crippen LogP contribution >= 0.6 is 63.7 Å². The van der Waals surface area contributed by atoms with Gasteiger partial charge in [0.1, 0.15) is 37.1 Å². The van der Waals surface area contributed by atoms with Crippen LogP contribution in [-0.4, -0.2) is 64.8 Å². The lowest BCUT2D eigenvalue weighted by Gasteiger charge is -2.16. The molecule has 0 aromatic heterocycles. The number of carbonyl (C=O) groups is 2. The number of benzene rings is 4. The minimum atomic E-state index is -0.393. The molecule has 4 aromatic carbocycles. The Labute approximate surface area is 346 Å². The third-order valence-corrected chi connectivity index (χ3v) is 10.5. The zero-order valence-corrected chi connectivity index (χ0v) is 36.0. The summed E-state index contributed by atoms with van der Waals surface area (Å²) in [6.45, 7) is 0.664. The lowest BCUT2D eigenvalue weighted by molar-refractivity contribution is -0.115. The molecule has 0 atom stereocenters. The molecule has 8 bridgehead atoms. The summed E-state index contributed by atoms with van der Waals surface area (Å²) in [6.07, 6.45) is 1.36. The molecule has 3 aliphatic heterocycles. The van der Waals surface area contributed by atoms with Gasteiger partial charge in [0.25, 0.3) is 11.8 Å². The molecule has 16 heteroatoms. The molecular formula is C38H36Br4N4O8. The number of hydrogen-bond acceptors (Lipinski definition) is 10. The summed E-state index contributed by atoms with van der Waals surface area (Å²) < 4.78 is 26.6. The fourth-order valence-electron chi connectivity index (χ4n) is 5.55. The standard InChI is InChI=1S/C38H36Br4N4O8/c1-49-35-27(41)15-23-10-12-44-38(48)30(46-52-4)18-24-16-28(42)36(50-2)34(20-24)54-32-8-6-22(14-26(32)40)17-29(45-51-3)37(47)43-11-9-21-5-7-31(25(39)13-21)53-33(35)19-23/h5-8,13-16,19-20H,9-12,17-18H2,1-4H3,(H,43,47)(H,44,48)/b45-29+,46-30?. The molecule has 2 N–H and O–H groups in total. The van der Waals surface area contributed by atoms with Crippen molar-refractivity contribution in [3.8, 4) is 34.5 Å². The molecular weight excluding hydrogens is 960 g/mol. The van der Waals surface area contributed by atoms with Gasteiger partial charge in [0.15, 0.2) is 23.0 Å². The minimum Gasteiger partial charge on any atom is -0.492 e. The van der Waals surface area contributed by atoms with Crippen molar-refractivity contribution in [3.05, 3.63) is 101 Å². The summed E-state index contributed by atoms with van der Waals surface area (Å²) in [7, 11) is 5.89. The lowest BCUT2D eigenvalue weighted by Crippen LogP contribution is -2.34. The highest BCUT2D eigenvalue weighted by atomic mass is 79.9. The molecule has 0 radical (unpaired) electrons. The van der Waals surface area contributed by atoms with Crippen molar-refractivity contribution in [1.29, 1.82) is 0 Å². The van der Waals surface area contributed by atoms with Gasteiger partial charge in [0.05, 0.1) is 32.1 Å².